The molecular formula is C14H23N3O2. The summed E-state index contributed by atoms with van der Waals surface area (Å²) in [4.78, 5) is 14.0. The van der Waals surface area contributed by atoms with Crippen molar-refractivity contribution in [1.29, 1.82) is 0 Å². The Morgan fingerprint density at radius 2 is 2.37 bits per heavy atom. The fourth-order valence-corrected chi connectivity index (χ4v) is 2.32. The molecule has 1 fully saturated rings. The van der Waals surface area contributed by atoms with Crippen LogP contribution < -0.4 is 0 Å². The van der Waals surface area contributed by atoms with Crippen molar-refractivity contribution in [3.8, 4) is 0 Å². The molecule has 0 spiro atoms. The van der Waals surface area contributed by atoms with Crippen LogP contribution in [0.1, 0.15) is 45.2 Å². The molecule has 1 aliphatic rings. The largest absolute Gasteiger partial charge is 0.366 e. The van der Waals surface area contributed by atoms with Crippen LogP contribution in [0.3, 0.4) is 0 Å². The van der Waals surface area contributed by atoms with Crippen molar-refractivity contribution in [2.24, 2.45) is 0 Å². The molecule has 2 rings (SSSR count). The molecule has 1 N–H and O–H groups in total. The van der Waals surface area contributed by atoms with Crippen molar-refractivity contribution < 1.29 is 9.53 Å². The number of hydrogen-bond acceptors (Lipinski definition) is 3. The first-order chi connectivity index (χ1) is 8.96. The minimum Gasteiger partial charge on any atom is -0.366 e. The average Bonchev–Trinajstić information content (AvgIpc) is 2.89. The van der Waals surface area contributed by atoms with E-state index in [0.29, 0.717) is 5.92 Å². The van der Waals surface area contributed by atoms with E-state index in [1.807, 2.05) is 31.7 Å². The number of carbonyl (C=O) groups excluding carboxylic acids is 1. The lowest BCUT2D eigenvalue weighted by molar-refractivity contribution is -0.142. The highest BCUT2D eigenvalue weighted by Crippen LogP contribution is 2.25. The molecule has 19 heavy (non-hydrogen) atoms. The van der Waals surface area contributed by atoms with E-state index in [4.69, 9.17) is 4.74 Å². The summed E-state index contributed by atoms with van der Waals surface area (Å²) >= 11 is 0. The number of amides is 1. The van der Waals surface area contributed by atoms with Gasteiger partial charge >= 0.3 is 0 Å². The van der Waals surface area contributed by atoms with Crippen LogP contribution in [-0.2, 0) is 9.53 Å². The van der Waals surface area contributed by atoms with Gasteiger partial charge in [-0.3, -0.25) is 9.89 Å². The Balaban J connectivity index is 1.88. The number of hydrogen-bond donors (Lipinski definition) is 1. The third-order valence-electron chi connectivity index (χ3n) is 3.36. The van der Waals surface area contributed by atoms with Gasteiger partial charge in [-0.1, -0.05) is 0 Å². The van der Waals surface area contributed by atoms with Crippen molar-refractivity contribution >= 4 is 5.91 Å². The van der Waals surface area contributed by atoms with E-state index in [1.54, 1.807) is 6.20 Å². The lowest BCUT2D eigenvalue weighted by atomic mass is 9.95. The number of piperidine rings is 1. The van der Waals surface area contributed by atoms with E-state index in [1.165, 1.54) is 0 Å². The van der Waals surface area contributed by atoms with Crippen LogP contribution >= 0.6 is 0 Å². The molecule has 106 valence electrons. The second-order valence-corrected chi connectivity index (χ2v) is 6.09. The molecule has 0 saturated carbocycles. The highest BCUT2D eigenvalue weighted by atomic mass is 16.5. The van der Waals surface area contributed by atoms with Crippen molar-refractivity contribution in [2.75, 3.05) is 19.7 Å². The minimum atomic E-state index is -0.270. The zero-order valence-corrected chi connectivity index (χ0v) is 12.0. The topological polar surface area (TPSA) is 58.2 Å². The van der Waals surface area contributed by atoms with E-state index in [2.05, 4.69) is 10.2 Å². The zero-order valence-electron chi connectivity index (χ0n) is 12.0. The average molecular weight is 265 g/mol. The molecule has 1 aromatic rings. The zero-order chi connectivity index (χ0) is 13.9. The van der Waals surface area contributed by atoms with Gasteiger partial charge in [0.2, 0.25) is 5.91 Å². The van der Waals surface area contributed by atoms with Gasteiger partial charge < -0.3 is 9.64 Å². The Hall–Kier alpha value is -1.36. The van der Waals surface area contributed by atoms with Crippen LogP contribution in [0, 0.1) is 0 Å². The second kappa shape index (κ2) is 5.74. The molecule has 1 atom stereocenters. The molecule has 1 unspecified atom stereocenters. The molecule has 2 heterocycles. The fraction of sp³-hybridized carbons (Fsp3) is 0.714. The SMILES string of the molecule is CC(C)(C)OCC(=O)N1CCCC(c2ccn[nH]2)C1. The van der Waals surface area contributed by atoms with E-state index < -0.39 is 0 Å². The van der Waals surface area contributed by atoms with Gasteiger partial charge in [0.25, 0.3) is 0 Å². The van der Waals surface area contributed by atoms with Gasteiger partial charge in [-0.25, -0.2) is 0 Å². The number of H-pyrrole nitrogens is 1. The van der Waals surface area contributed by atoms with E-state index in [-0.39, 0.29) is 18.1 Å². The molecule has 1 saturated heterocycles. The summed E-state index contributed by atoms with van der Waals surface area (Å²) in [6, 6.07) is 1.99. The second-order valence-electron chi connectivity index (χ2n) is 6.09. The predicted octanol–water partition coefficient (Wildman–Crippen LogP) is 1.93. The quantitative estimate of drug-likeness (QED) is 0.908. The molecule has 0 radical (unpaired) electrons. The van der Waals surface area contributed by atoms with Crippen LogP contribution in [0.5, 0.6) is 0 Å². The molecule has 1 aromatic heterocycles. The number of likely N-dealkylation sites (tertiary alicyclic amines) is 1. The Bertz CT molecular complexity index is 409. The normalized spacial score (nSPS) is 20.6. The summed E-state index contributed by atoms with van der Waals surface area (Å²) in [6.45, 7) is 7.64. The standard InChI is InChI=1S/C14H23N3O2/c1-14(2,3)19-10-13(18)17-8-4-5-11(9-17)12-6-7-15-16-12/h6-7,11H,4-5,8-10H2,1-3H3,(H,15,16). The number of carbonyl (C=O) groups is 1. The number of aromatic amines is 1. The van der Waals surface area contributed by atoms with Gasteiger partial charge in [0, 0.05) is 30.9 Å². The van der Waals surface area contributed by atoms with Crippen molar-refractivity contribution in [3.63, 3.8) is 0 Å². The predicted molar refractivity (Wildman–Crippen MR) is 72.8 cm³/mol. The number of nitrogens with one attached hydrogen (secondary N) is 1. The Morgan fingerprint density at radius 1 is 1.58 bits per heavy atom. The highest BCUT2D eigenvalue weighted by molar-refractivity contribution is 5.77. The summed E-state index contributed by atoms with van der Waals surface area (Å²) in [7, 11) is 0. The van der Waals surface area contributed by atoms with Crippen molar-refractivity contribution in [1.82, 2.24) is 15.1 Å². The van der Waals surface area contributed by atoms with E-state index in [0.717, 1.165) is 31.6 Å². The summed E-state index contributed by atoms with van der Waals surface area (Å²) in [6.07, 6.45) is 3.90. The lowest BCUT2D eigenvalue weighted by Gasteiger charge is -2.33. The molecular weight excluding hydrogens is 242 g/mol. The summed E-state index contributed by atoms with van der Waals surface area (Å²) in [5.74, 6) is 0.453. The van der Waals surface area contributed by atoms with Gasteiger partial charge in [0.15, 0.2) is 0 Å². The number of aromatic nitrogens is 2. The lowest BCUT2D eigenvalue weighted by Crippen LogP contribution is -2.42. The smallest absolute Gasteiger partial charge is 0.248 e. The minimum absolute atomic E-state index is 0.0825. The van der Waals surface area contributed by atoms with Crippen LogP contribution in [-0.4, -0.2) is 46.3 Å². The van der Waals surface area contributed by atoms with Crippen molar-refractivity contribution in [3.05, 3.63) is 18.0 Å². The van der Waals surface area contributed by atoms with Gasteiger partial charge in [-0.05, 0) is 39.7 Å². The van der Waals surface area contributed by atoms with E-state index in [9.17, 15) is 4.79 Å². The monoisotopic (exact) mass is 265 g/mol. The Labute approximate surface area is 114 Å². The number of ether oxygens (including phenoxy) is 1. The number of rotatable bonds is 3. The molecule has 1 aliphatic heterocycles. The third kappa shape index (κ3) is 4.06. The first kappa shape index (κ1) is 14.1. The van der Waals surface area contributed by atoms with Crippen LogP contribution in [0.4, 0.5) is 0 Å². The maximum Gasteiger partial charge on any atom is 0.248 e. The fourth-order valence-electron chi connectivity index (χ4n) is 2.32. The first-order valence-electron chi connectivity index (χ1n) is 6.87. The van der Waals surface area contributed by atoms with Gasteiger partial charge in [-0.15, -0.1) is 0 Å². The first-order valence-corrected chi connectivity index (χ1v) is 6.87. The van der Waals surface area contributed by atoms with Crippen molar-refractivity contribution in [2.45, 2.75) is 45.1 Å². The molecule has 0 aromatic carbocycles. The summed E-state index contributed by atoms with van der Waals surface area (Å²) in [5.41, 5.74) is 0.850. The van der Waals surface area contributed by atoms with Crippen LogP contribution in [0.15, 0.2) is 12.3 Å². The van der Waals surface area contributed by atoms with Crippen LogP contribution in [0.25, 0.3) is 0 Å². The molecule has 5 heteroatoms. The van der Waals surface area contributed by atoms with Gasteiger partial charge in [0.1, 0.15) is 6.61 Å². The molecule has 1 amide bonds. The third-order valence-corrected chi connectivity index (χ3v) is 3.36. The van der Waals surface area contributed by atoms with Crippen LogP contribution in [0.2, 0.25) is 0 Å². The molecule has 0 bridgehead atoms. The maximum absolute atomic E-state index is 12.1. The number of nitrogens with zero attached hydrogens (tertiary/aromatic N) is 2. The van der Waals surface area contributed by atoms with E-state index >= 15 is 0 Å². The Morgan fingerprint density at radius 3 is 3.00 bits per heavy atom. The summed E-state index contributed by atoms with van der Waals surface area (Å²) < 4.78 is 5.56. The molecule has 0 aliphatic carbocycles. The van der Waals surface area contributed by atoms with Gasteiger partial charge in [-0.2, -0.15) is 5.10 Å². The maximum atomic E-state index is 12.1. The molecule has 5 nitrogen and oxygen atoms in total. The summed E-state index contributed by atoms with van der Waals surface area (Å²) in [5, 5.41) is 6.99. The Kier molecular flexibility index (Phi) is 4.24. The van der Waals surface area contributed by atoms with Gasteiger partial charge in [0.05, 0.1) is 5.60 Å². The highest BCUT2D eigenvalue weighted by Gasteiger charge is 2.26.